The maximum Gasteiger partial charge on any atom is 0.253 e. The average molecular weight is 283 g/mol. The lowest BCUT2D eigenvalue weighted by atomic mass is 10.1. The summed E-state index contributed by atoms with van der Waals surface area (Å²) in [5, 5.41) is 0. The van der Waals surface area contributed by atoms with Crippen LogP contribution < -0.4 is 5.73 Å². The number of hydrogen-bond acceptors (Lipinski definition) is 2. The lowest BCUT2D eigenvalue weighted by molar-refractivity contribution is 0.0790. The molecule has 3 nitrogen and oxygen atoms in total. The van der Waals surface area contributed by atoms with Crippen LogP contribution >= 0.6 is 15.9 Å². The molecule has 1 atom stereocenters. The molecule has 16 heavy (non-hydrogen) atoms. The molecule has 1 amide bonds. The molecular formula is C12H15BrN2O. The van der Waals surface area contributed by atoms with Crippen molar-refractivity contribution in [2.45, 2.75) is 19.4 Å². The van der Waals surface area contributed by atoms with Crippen molar-refractivity contribution in [2.24, 2.45) is 5.73 Å². The first-order valence-electron chi connectivity index (χ1n) is 5.38. The fourth-order valence-electron chi connectivity index (χ4n) is 2.01. The van der Waals surface area contributed by atoms with Crippen molar-refractivity contribution in [3.63, 3.8) is 0 Å². The van der Waals surface area contributed by atoms with E-state index in [9.17, 15) is 4.79 Å². The SMILES string of the molecule is Cc1cc(Br)cc(C(=O)N2CC[C@H](N)C2)c1. The largest absolute Gasteiger partial charge is 0.337 e. The number of halogens is 1. The zero-order valence-electron chi connectivity index (χ0n) is 9.24. The van der Waals surface area contributed by atoms with E-state index in [2.05, 4.69) is 15.9 Å². The smallest absolute Gasteiger partial charge is 0.253 e. The minimum absolute atomic E-state index is 0.0809. The van der Waals surface area contributed by atoms with Crippen LogP contribution in [0.4, 0.5) is 0 Å². The van der Waals surface area contributed by atoms with Gasteiger partial charge in [-0.15, -0.1) is 0 Å². The fourth-order valence-corrected chi connectivity index (χ4v) is 2.62. The van der Waals surface area contributed by atoms with E-state index in [1.165, 1.54) is 0 Å². The Hall–Kier alpha value is -0.870. The zero-order chi connectivity index (χ0) is 11.7. The molecule has 4 heteroatoms. The van der Waals surface area contributed by atoms with Crippen LogP contribution in [0.3, 0.4) is 0 Å². The van der Waals surface area contributed by atoms with E-state index < -0.39 is 0 Å². The van der Waals surface area contributed by atoms with Gasteiger partial charge in [0.2, 0.25) is 0 Å². The number of nitrogens with zero attached hydrogens (tertiary/aromatic N) is 1. The van der Waals surface area contributed by atoms with Gasteiger partial charge < -0.3 is 10.6 Å². The number of carbonyl (C=O) groups excluding carboxylic acids is 1. The fraction of sp³-hybridized carbons (Fsp3) is 0.417. The summed E-state index contributed by atoms with van der Waals surface area (Å²) in [4.78, 5) is 14.0. The molecule has 1 aromatic rings. The molecule has 2 N–H and O–H groups in total. The van der Waals surface area contributed by atoms with Gasteiger partial charge in [-0.1, -0.05) is 15.9 Å². The molecule has 1 aliphatic heterocycles. The van der Waals surface area contributed by atoms with Crippen molar-refractivity contribution in [1.29, 1.82) is 0 Å². The molecule has 0 spiro atoms. The number of nitrogens with two attached hydrogens (primary N) is 1. The maximum absolute atomic E-state index is 12.1. The second kappa shape index (κ2) is 4.55. The number of carbonyl (C=O) groups is 1. The first kappa shape index (κ1) is 11.6. The Morgan fingerprint density at radius 3 is 2.81 bits per heavy atom. The van der Waals surface area contributed by atoms with Gasteiger partial charge in [0.05, 0.1) is 0 Å². The lowest BCUT2D eigenvalue weighted by Gasteiger charge is -2.16. The van der Waals surface area contributed by atoms with Gasteiger partial charge in [0.25, 0.3) is 5.91 Å². The Labute approximate surface area is 104 Å². The summed E-state index contributed by atoms with van der Waals surface area (Å²) in [7, 11) is 0. The molecule has 0 aromatic heterocycles. The number of amides is 1. The molecular weight excluding hydrogens is 268 g/mol. The summed E-state index contributed by atoms with van der Waals surface area (Å²) >= 11 is 3.41. The highest BCUT2D eigenvalue weighted by Crippen LogP contribution is 2.18. The number of rotatable bonds is 1. The number of aryl methyl sites for hydroxylation is 1. The van der Waals surface area contributed by atoms with E-state index in [1.807, 2.05) is 30.0 Å². The molecule has 2 rings (SSSR count). The van der Waals surface area contributed by atoms with Gasteiger partial charge >= 0.3 is 0 Å². The first-order chi connectivity index (χ1) is 7.56. The maximum atomic E-state index is 12.1. The summed E-state index contributed by atoms with van der Waals surface area (Å²) in [6.07, 6.45) is 0.902. The van der Waals surface area contributed by atoms with Crippen LogP contribution in [-0.2, 0) is 0 Å². The van der Waals surface area contributed by atoms with Crippen LogP contribution in [0.1, 0.15) is 22.3 Å². The molecule has 0 radical (unpaired) electrons. The molecule has 0 unspecified atom stereocenters. The van der Waals surface area contributed by atoms with Crippen molar-refractivity contribution in [2.75, 3.05) is 13.1 Å². The Bertz CT molecular complexity index is 399. The van der Waals surface area contributed by atoms with Gasteiger partial charge in [-0.3, -0.25) is 4.79 Å². The molecule has 0 saturated carbocycles. The molecule has 86 valence electrons. The van der Waals surface area contributed by atoms with Crippen LogP contribution in [0, 0.1) is 6.92 Å². The third kappa shape index (κ3) is 2.44. The van der Waals surface area contributed by atoms with Gasteiger partial charge in [0.1, 0.15) is 0 Å². The Morgan fingerprint density at radius 1 is 1.50 bits per heavy atom. The van der Waals surface area contributed by atoms with Crippen molar-refractivity contribution >= 4 is 21.8 Å². The minimum Gasteiger partial charge on any atom is -0.337 e. The molecule has 0 bridgehead atoms. The molecule has 1 fully saturated rings. The quantitative estimate of drug-likeness (QED) is 0.856. The normalized spacial score (nSPS) is 20.2. The minimum atomic E-state index is 0.0809. The van der Waals surface area contributed by atoms with Gasteiger partial charge in [0, 0.05) is 29.2 Å². The van der Waals surface area contributed by atoms with Gasteiger partial charge in [-0.05, 0) is 37.1 Å². The van der Waals surface area contributed by atoms with Crippen LogP contribution in [0.25, 0.3) is 0 Å². The van der Waals surface area contributed by atoms with Gasteiger partial charge in [-0.2, -0.15) is 0 Å². The standard InChI is InChI=1S/C12H15BrN2O/c1-8-4-9(6-10(13)5-8)12(16)15-3-2-11(14)7-15/h4-6,11H,2-3,7,14H2,1H3/t11-/m0/s1. The van der Waals surface area contributed by atoms with Crippen molar-refractivity contribution < 1.29 is 4.79 Å². The van der Waals surface area contributed by atoms with Crippen LogP contribution in [-0.4, -0.2) is 29.9 Å². The Balaban J connectivity index is 2.20. The average Bonchev–Trinajstić information content (AvgIpc) is 2.62. The molecule has 1 aromatic carbocycles. The van der Waals surface area contributed by atoms with Gasteiger partial charge in [-0.25, -0.2) is 0 Å². The second-order valence-corrected chi connectivity index (χ2v) is 5.23. The van der Waals surface area contributed by atoms with Crippen LogP contribution in [0.15, 0.2) is 22.7 Å². The van der Waals surface area contributed by atoms with E-state index in [-0.39, 0.29) is 11.9 Å². The highest BCUT2D eigenvalue weighted by atomic mass is 79.9. The van der Waals surface area contributed by atoms with Crippen LogP contribution in [0.5, 0.6) is 0 Å². The van der Waals surface area contributed by atoms with E-state index in [4.69, 9.17) is 5.73 Å². The highest BCUT2D eigenvalue weighted by molar-refractivity contribution is 9.10. The van der Waals surface area contributed by atoms with E-state index in [1.54, 1.807) is 0 Å². The summed E-state index contributed by atoms with van der Waals surface area (Å²) in [5.41, 5.74) is 7.62. The molecule has 1 heterocycles. The van der Waals surface area contributed by atoms with Crippen molar-refractivity contribution in [1.82, 2.24) is 4.90 Å². The molecule has 0 aliphatic carbocycles. The van der Waals surface area contributed by atoms with Crippen molar-refractivity contribution in [3.8, 4) is 0 Å². The third-order valence-electron chi connectivity index (χ3n) is 2.80. The summed E-state index contributed by atoms with van der Waals surface area (Å²) in [5.74, 6) is 0.0809. The predicted molar refractivity (Wildman–Crippen MR) is 67.4 cm³/mol. The Kier molecular flexibility index (Phi) is 3.30. The van der Waals surface area contributed by atoms with E-state index in [0.29, 0.717) is 6.54 Å². The van der Waals surface area contributed by atoms with Gasteiger partial charge in [0.15, 0.2) is 0 Å². The lowest BCUT2D eigenvalue weighted by Crippen LogP contribution is -2.31. The van der Waals surface area contributed by atoms with Crippen molar-refractivity contribution in [3.05, 3.63) is 33.8 Å². The summed E-state index contributed by atoms with van der Waals surface area (Å²) < 4.78 is 0.944. The predicted octanol–water partition coefficient (Wildman–Crippen LogP) is 1.93. The Morgan fingerprint density at radius 2 is 2.25 bits per heavy atom. The highest BCUT2D eigenvalue weighted by Gasteiger charge is 2.24. The monoisotopic (exact) mass is 282 g/mol. The molecule has 1 saturated heterocycles. The summed E-state index contributed by atoms with van der Waals surface area (Å²) in [6.45, 7) is 3.42. The zero-order valence-corrected chi connectivity index (χ0v) is 10.8. The number of likely N-dealkylation sites (tertiary alicyclic amines) is 1. The number of benzene rings is 1. The summed E-state index contributed by atoms with van der Waals surface area (Å²) in [6, 6.07) is 5.90. The first-order valence-corrected chi connectivity index (χ1v) is 6.17. The number of hydrogen-bond donors (Lipinski definition) is 1. The second-order valence-electron chi connectivity index (χ2n) is 4.32. The topological polar surface area (TPSA) is 46.3 Å². The third-order valence-corrected chi connectivity index (χ3v) is 3.26. The molecule has 1 aliphatic rings. The van der Waals surface area contributed by atoms with E-state index in [0.717, 1.165) is 28.6 Å². The van der Waals surface area contributed by atoms with E-state index >= 15 is 0 Å². The van der Waals surface area contributed by atoms with Crippen LogP contribution in [0.2, 0.25) is 0 Å².